The van der Waals surface area contributed by atoms with Crippen molar-refractivity contribution in [1.29, 1.82) is 0 Å². The number of thiophene rings is 1. The Hall–Kier alpha value is -2.47. The molecule has 2 rings (SSSR count). The van der Waals surface area contributed by atoms with Crippen LogP contribution in [0.2, 0.25) is 0 Å². The number of benzene rings is 1. The topological polar surface area (TPSA) is 70.6 Å². The first-order valence-corrected chi connectivity index (χ1v) is 7.23. The van der Waals surface area contributed by atoms with Crippen molar-refractivity contribution in [3.63, 3.8) is 0 Å². The monoisotopic (exact) mass is 301 g/mol. The Labute approximate surface area is 126 Å². The van der Waals surface area contributed by atoms with E-state index < -0.39 is 0 Å². The summed E-state index contributed by atoms with van der Waals surface area (Å²) in [6.07, 6.45) is 1.56. The van der Waals surface area contributed by atoms with Gasteiger partial charge in [-0.3, -0.25) is 9.59 Å². The standard InChI is InChI=1S/C15H15N3O2S/c1-11-4-2-5-12(8-11)15(20)16-10-14(19)18-17-9-13-6-3-7-21-13/h2-9H,10H2,1H3,(H,16,20)(H,18,19). The molecule has 0 aliphatic heterocycles. The predicted molar refractivity (Wildman–Crippen MR) is 83.6 cm³/mol. The molecular formula is C15H15N3O2S. The molecule has 108 valence electrons. The summed E-state index contributed by atoms with van der Waals surface area (Å²) in [7, 11) is 0. The Bertz CT molecular complexity index is 651. The van der Waals surface area contributed by atoms with Crippen molar-refractivity contribution < 1.29 is 9.59 Å². The van der Waals surface area contributed by atoms with Crippen LogP contribution in [0, 0.1) is 6.92 Å². The van der Waals surface area contributed by atoms with Gasteiger partial charge in [0.05, 0.1) is 12.8 Å². The molecule has 0 aliphatic carbocycles. The molecule has 21 heavy (non-hydrogen) atoms. The lowest BCUT2D eigenvalue weighted by Gasteiger charge is -2.04. The van der Waals surface area contributed by atoms with E-state index in [0.717, 1.165) is 10.4 Å². The fraction of sp³-hybridized carbons (Fsp3) is 0.133. The molecule has 0 unspecified atom stereocenters. The van der Waals surface area contributed by atoms with Crippen LogP contribution in [0.1, 0.15) is 20.8 Å². The predicted octanol–water partition coefficient (Wildman–Crippen LogP) is 1.94. The summed E-state index contributed by atoms with van der Waals surface area (Å²) < 4.78 is 0. The normalized spacial score (nSPS) is 10.5. The zero-order valence-electron chi connectivity index (χ0n) is 11.5. The van der Waals surface area contributed by atoms with Crippen LogP contribution in [0.4, 0.5) is 0 Å². The fourth-order valence-corrected chi connectivity index (χ4v) is 2.21. The van der Waals surface area contributed by atoms with Crippen LogP contribution in [-0.2, 0) is 4.79 Å². The lowest BCUT2D eigenvalue weighted by Crippen LogP contribution is -2.34. The van der Waals surface area contributed by atoms with Gasteiger partial charge >= 0.3 is 0 Å². The molecule has 0 saturated carbocycles. The minimum atomic E-state index is -0.371. The van der Waals surface area contributed by atoms with Gasteiger partial charge in [0, 0.05) is 10.4 Å². The summed E-state index contributed by atoms with van der Waals surface area (Å²) in [5, 5.41) is 8.28. The number of hydrogen-bond acceptors (Lipinski definition) is 4. The summed E-state index contributed by atoms with van der Waals surface area (Å²) in [6.45, 7) is 1.79. The second-order valence-corrected chi connectivity index (χ2v) is 5.34. The molecule has 5 nitrogen and oxygen atoms in total. The van der Waals surface area contributed by atoms with Crippen LogP contribution in [0.5, 0.6) is 0 Å². The molecule has 6 heteroatoms. The molecule has 0 bridgehead atoms. The third-order valence-electron chi connectivity index (χ3n) is 2.61. The SMILES string of the molecule is Cc1cccc(C(=O)NCC(=O)NN=Cc2cccs2)c1. The Morgan fingerprint density at radius 3 is 2.86 bits per heavy atom. The first-order chi connectivity index (χ1) is 10.1. The van der Waals surface area contributed by atoms with E-state index in [2.05, 4.69) is 15.8 Å². The van der Waals surface area contributed by atoms with E-state index in [-0.39, 0.29) is 18.4 Å². The zero-order chi connectivity index (χ0) is 15.1. The van der Waals surface area contributed by atoms with Gasteiger partial charge in [-0.15, -0.1) is 11.3 Å². The molecule has 0 fully saturated rings. The van der Waals surface area contributed by atoms with Crippen molar-refractivity contribution in [3.8, 4) is 0 Å². The second-order valence-electron chi connectivity index (χ2n) is 4.36. The fourth-order valence-electron chi connectivity index (χ4n) is 1.62. The van der Waals surface area contributed by atoms with Gasteiger partial charge in [0.2, 0.25) is 0 Å². The van der Waals surface area contributed by atoms with E-state index in [9.17, 15) is 9.59 Å². The Kier molecular flexibility index (Phi) is 5.22. The van der Waals surface area contributed by atoms with Gasteiger partial charge in [-0.05, 0) is 30.5 Å². The Morgan fingerprint density at radius 1 is 1.29 bits per heavy atom. The molecule has 0 spiro atoms. The second kappa shape index (κ2) is 7.35. The van der Waals surface area contributed by atoms with Crippen molar-refractivity contribution in [3.05, 3.63) is 57.8 Å². The van der Waals surface area contributed by atoms with Crippen molar-refractivity contribution in [1.82, 2.24) is 10.7 Å². The maximum atomic E-state index is 11.8. The average Bonchev–Trinajstić information content (AvgIpc) is 2.98. The highest BCUT2D eigenvalue weighted by Crippen LogP contribution is 2.04. The van der Waals surface area contributed by atoms with E-state index in [0.29, 0.717) is 5.56 Å². The van der Waals surface area contributed by atoms with Gasteiger partial charge in [0.15, 0.2) is 0 Å². The van der Waals surface area contributed by atoms with E-state index in [1.54, 1.807) is 24.4 Å². The van der Waals surface area contributed by atoms with Crippen molar-refractivity contribution in [2.75, 3.05) is 6.54 Å². The number of hydrazone groups is 1. The molecule has 0 saturated heterocycles. The molecule has 0 radical (unpaired) electrons. The van der Waals surface area contributed by atoms with Crippen LogP contribution in [-0.4, -0.2) is 24.6 Å². The smallest absolute Gasteiger partial charge is 0.259 e. The summed E-state index contributed by atoms with van der Waals surface area (Å²) >= 11 is 1.52. The van der Waals surface area contributed by atoms with Gasteiger partial charge in [-0.2, -0.15) is 5.10 Å². The zero-order valence-corrected chi connectivity index (χ0v) is 12.3. The van der Waals surface area contributed by atoms with E-state index >= 15 is 0 Å². The quantitative estimate of drug-likeness (QED) is 0.654. The molecule has 1 heterocycles. The third-order valence-corrected chi connectivity index (χ3v) is 3.42. The number of rotatable bonds is 5. The highest BCUT2D eigenvalue weighted by molar-refractivity contribution is 7.11. The maximum absolute atomic E-state index is 11.8. The van der Waals surface area contributed by atoms with Gasteiger partial charge in [-0.25, -0.2) is 5.43 Å². The Balaban J connectivity index is 1.77. The number of nitrogens with zero attached hydrogens (tertiary/aromatic N) is 1. The minimum Gasteiger partial charge on any atom is -0.343 e. The Morgan fingerprint density at radius 2 is 2.14 bits per heavy atom. The van der Waals surface area contributed by atoms with Gasteiger partial charge in [0.1, 0.15) is 0 Å². The molecule has 0 aliphatic rings. The summed E-state index contributed by atoms with van der Waals surface area (Å²) in [4.78, 5) is 24.3. The molecule has 0 atom stereocenters. The molecule has 2 N–H and O–H groups in total. The van der Waals surface area contributed by atoms with Gasteiger partial charge in [-0.1, -0.05) is 23.8 Å². The summed E-state index contributed by atoms with van der Waals surface area (Å²) in [6, 6.07) is 11.0. The van der Waals surface area contributed by atoms with Crippen LogP contribution in [0.25, 0.3) is 0 Å². The molecular weight excluding hydrogens is 286 g/mol. The minimum absolute atomic E-state index is 0.117. The van der Waals surface area contributed by atoms with E-state index in [1.807, 2.05) is 30.5 Å². The van der Waals surface area contributed by atoms with Crippen LogP contribution in [0.15, 0.2) is 46.9 Å². The lowest BCUT2D eigenvalue weighted by atomic mass is 10.1. The summed E-state index contributed by atoms with van der Waals surface area (Å²) in [5.74, 6) is -0.653. The van der Waals surface area contributed by atoms with E-state index in [1.165, 1.54) is 11.3 Å². The van der Waals surface area contributed by atoms with Crippen LogP contribution < -0.4 is 10.7 Å². The number of aryl methyl sites for hydroxylation is 1. The molecule has 1 aromatic heterocycles. The highest BCUT2D eigenvalue weighted by Gasteiger charge is 2.07. The van der Waals surface area contributed by atoms with Crippen molar-refractivity contribution in [2.24, 2.45) is 5.10 Å². The maximum Gasteiger partial charge on any atom is 0.259 e. The number of hydrogen-bond donors (Lipinski definition) is 2. The van der Waals surface area contributed by atoms with Crippen LogP contribution in [0.3, 0.4) is 0 Å². The van der Waals surface area contributed by atoms with Gasteiger partial charge in [0.25, 0.3) is 11.8 Å². The third kappa shape index (κ3) is 4.85. The number of carbonyl (C=O) groups excluding carboxylic acids is 2. The molecule has 2 amide bonds. The average molecular weight is 301 g/mol. The van der Waals surface area contributed by atoms with Gasteiger partial charge < -0.3 is 5.32 Å². The number of nitrogens with one attached hydrogen (secondary N) is 2. The highest BCUT2D eigenvalue weighted by atomic mass is 32.1. The molecule has 2 aromatic rings. The molecule has 1 aromatic carbocycles. The van der Waals surface area contributed by atoms with E-state index in [4.69, 9.17) is 0 Å². The first-order valence-electron chi connectivity index (χ1n) is 6.35. The first kappa shape index (κ1) is 14.9. The van der Waals surface area contributed by atoms with Crippen molar-refractivity contribution >= 4 is 29.4 Å². The lowest BCUT2D eigenvalue weighted by molar-refractivity contribution is -0.120. The van der Waals surface area contributed by atoms with Crippen LogP contribution >= 0.6 is 11.3 Å². The number of carbonyl (C=O) groups is 2. The summed E-state index contributed by atoms with van der Waals surface area (Å²) in [5.41, 5.74) is 3.89. The number of amides is 2. The largest absolute Gasteiger partial charge is 0.343 e. The van der Waals surface area contributed by atoms with Crippen molar-refractivity contribution in [2.45, 2.75) is 6.92 Å².